The first-order valence-corrected chi connectivity index (χ1v) is 5.34. The second-order valence-corrected chi connectivity index (χ2v) is 4.30. The maximum Gasteiger partial charge on any atom is 0.329 e. The van der Waals surface area contributed by atoms with Gasteiger partial charge in [0.2, 0.25) is 0 Å². The Morgan fingerprint density at radius 2 is 2.12 bits per heavy atom. The van der Waals surface area contributed by atoms with Crippen LogP contribution in [0, 0.1) is 0 Å². The Hall–Kier alpha value is -1.85. The minimum atomic E-state index is -1.24. The SMILES string of the molecule is CCN(C(=O)c1cncn1C)C(C)(C)C(=O)O. The van der Waals surface area contributed by atoms with Crippen LogP contribution in [0.3, 0.4) is 0 Å². The summed E-state index contributed by atoms with van der Waals surface area (Å²) >= 11 is 0. The molecule has 0 aliphatic heterocycles. The molecule has 0 aliphatic rings. The van der Waals surface area contributed by atoms with E-state index in [1.165, 1.54) is 31.3 Å². The number of hydrogen-bond acceptors (Lipinski definition) is 3. The average Bonchev–Trinajstić information content (AvgIpc) is 2.64. The molecular formula is C11H17N3O3. The van der Waals surface area contributed by atoms with E-state index in [0.29, 0.717) is 12.2 Å². The Bertz CT molecular complexity index is 437. The largest absolute Gasteiger partial charge is 0.480 e. The van der Waals surface area contributed by atoms with E-state index < -0.39 is 11.5 Å². The first-order valence-electron chi connectivity index (χ1n) is 5.34. The second kappa shape index (κ2) is 4.57. The first kappa shape index (κ1) is 13.2. The third-order valence-electron chi connectivity index (χ3n) is 2.80. The van der Waals surface area contributed by atoms with Crippen molar-refractivity contribution in [2.45, 2.75) is 26.3 Å². The lowest BCUT2D eigenvalue weighted by Gasteiger charge is -2.34. The molecule has 6 heteroatoms. The minimum Gasteiger partial charge on any atom is -0.480 e. The lowest BCUT2D eigenvalue weighted by Crippen LogP contribution is -2.53. The quantitative estimate of drug-likeness (QED) is 0.841. The van der Waals surface area contributed by atoms with Crippen molar-refractivity contribution >= 4 is 11.9 Å². The number of carbonyl (C=O) groups excluding carboxylic acids is 1. The van der Waals surface area contributed by atoms with E-state index in [-0.39, 0.29) is 5.91 Å². The van der Waals surface area contributed by atoms with Gasteiger partial charge >= 0.3 is 5.97 Å². The van der Waals surface area contributed by atoms with Crippen molar-refractivity contribution < 1.29 is 14.7 Å². The highest BCUT2D eigenvalue weighted by Crippen LogP contribution is 2.17. The van der Waals surface area contributed by atoms with Gasteiger partial charge in [0.15, 0.2) is 0 Å². The molecule has 1 N–H and O–H groups in total. The summed E-state index contributed by atoms with van der Waals surface area (Å²) in [4.78, 5) is 28.5. The fourth-order valence-electron chi connectivity index (χ4n) is 1.61. The number of carbonyl (C=O) groups is 2. The number of aryl methyl sites for hydroxylation is 1. The maximum absolute atomic E-state index is 12.2. The van der Waals surface area contributed by atoms with Gasteiger partial charge in [-0.05, 0) is 20.8 Å². The highest BCUT2D eigenvalue weighted by molar-refractivity contribution is 5.96. The Balaban J connectivity index is 3.09. The standard InChI is InChI=1S/C11H17N3O3/c1-5-14(11(2,3)10(16)17)9(15)8-6-12-7-13(8)4/h6-7H,5H2,1-4H3,(H,16,17). The molecule has 0 radical (unpaired) electrons. The number of rotatable bonds is 4. The van der Waals surface area contributed by atoms with E-state index in [9.17, 15) is 9.59 Å². The molecule has 0 atom stereocenters. The van der Waals surface area contributed by atoms with Crippen LogP contribution in [0.5, 0.6) is 0 Å². The normalized spacial score (nSPS) is 11.3. The number of nitrogens with zero attached hydrogens (tertiary/aromatic N) is 3. The fourth-order valence-corrected chi connectivity index (χ4v) is 1.61. The van der Waals surface area contributed by atoms with Crippen LogP contribution in [0.2, 0.25) is 0 Å². The van der Waals surface area contributed by atoms with Gasteiger partial charge < -0.3 is 14.6 Å². The number of amides is 1. The molecule has 6 nitrogen and oxygen atoms in total. The van der Waals surface area contributed by atoms with Gasteiger partial charge in [0.1, 0.15) is 11.2 Å². The zero-order valence-corrected chi connectivity index (χ0v) is 10.5. The van der Waals surface area contributed by atoms with Crippen LogP contribution in [0.1, 0.15) is 31.3 Å². The topological polar surface area (TPSA) is 75.4 Å². The Morgan fingerprint density at radius 3 is 2.47 bits per heavy atom. The van der Waals surface area contributed by atoms with E-state index in [1.807, 2.05) is 0 Å². The molecule has 0 unspecified atom stereocenters. The van der Waals surface area contributed by atoms with Gasteiger partial charge in [0.25, 0.3) is 5.91 Å². The summed E-state index contributed by atoms with van der Waals surface area (Å²) in [6.45, 7) is 5.09. The lowest BCUT2D eigenvalue weighted by atomic mass is 10.0. The van der Waals surface area contributed by atoms with Crippen molar-refractivity contribution in [2.75, 3.05) is 6.54 Å². The smallest absolute Gasteiger partial charge is 0.329 e. The van der Waals surface area contributed by atoms with Gasteiger partial charge in [-0.2, -0.15) is 0 Å². The van der Waals surface area contributed by atoms with Crippen LogP contribution in [0.25, 0.3) is 0 Å². The van der Waals surface area contributed by atoms with Crippen molar-refractivity contribution in [3.8, 4) is 0 Å². The molecule has 0 aliphatic carbocycles. The number of likely N-dealkylation sites (N-methyl/N-ethyl adjacent to an activating group) is 1. The molecule has 0 spiro atoms. The number of carboxylic acid groups (broad SMARTS) is 1. The lowest BCUT2D eigenvalue weighted by molar-refractivity contribution is -0.147. The van der Waals surface area contributed by atoms with E-state index in [4.69, 9.17) is 5.11 Å². The van der Waals surface area contributed by atoms with Gasteiger partial charge in [-0.25, -0.2) is 9.78 Å². The molecule has 0 saturated carbocycles. The number of aliphatic carboxylic acids is 1. The van der Waals surface area contributed by atoms with Crippen LogP contribution in [0.4, 0.5) is 0 Å². The van der Waals surface area contributed by atoms with Crippen molar-refractivity contribution in [1.82, 2.24) is 14.5 Å². The van der Waals surface area contributed by atoms with Gasteiger partial charge in [0, 0.05) is 13.6 Å². The molecule has 1 aromatic heterocycles. The van der Waals surface area contributed by atoms with Crippen molar-refractivity contribution in [3.63, 3.8) is 0 Å². The van der Waals surface area contributed by atoms with E-state index in [2.05, 4.69) is 4.98 Å². The predicted molar refractivity (Wildman–Crippen MR) is 61.6 cm³/mol. The summed E-state index contributed by atoms with van der Waals surface area (Å²) < 4.78 is 1.57. The molecule has 0 fully saturated rings. The Kier molecular flexibility index (Phi) is 3.55. The monoisotopic (exact) mass is 239 g/mol. The summed E-state index contributed by atoms with van der Waals surface area (Å²) in [5, 5.41) is 9.14. The van der Waals surface area contributed by atoms with Crippen molar-refractivity contribution in [2.24, 2.45) is 7.05 Å². The molecule has 1 amide bonds. The second-order valence-electron chi connectivity index (χ2n) is 4.30. The third-order valence-corrected chi connectivity index (χ3v) is 2.80. The van der Waals surface area contributed by atoms with E-state index >= 15 is 0 Å². The average molecular weight is 239 g/mol. The fraction of sp³-hybridized carbons (Fsp3) is 0.545. The van der Waals surface area contributed by atoms with Crippen molar-refractivity contribution in [3.05, 3.63) is 18.2 Å². The Morgan fingerprint density at radius 1 is 1.53 bits per heavy atom. The molecular weight excluding hydrogens is 222 g/mol. The third kappa shape index (κ3) is 2.30. The van der Waals surface area contributed by atoms with Crippen LogP contribution >= 0.6 is 0 Å². The molecule has 1 heterocycles. The number of aromatic nitrogens is 2. The molecule has 0 bridgehead atoms. The van der Waals surface area contributed by atoms with Gasteiger partial charge in [-0.3, -0.25) is 4.79 Å². The van der Waals surface area contributed by atoms with Crippen LogP contribution in [-0.2, 0) is 11.8 Å². The summed E-state index contributed by atoms with van der Waals surface area (Å²) in [6, 6.07) is 0. The zero-order chi connectivity index (χ0) is 13.2. The van der Waals surface area contributed by atoms with Crippen LogP contribution < -0.4 is 0 Å². The molecule has 0 aromatic carbocycles. The highest BCUT2D eigenvalue weighted by atomic mass is 16.4. The summed E-state index contributed by atoms with van der Waals surface area (Å²) in [6.07, 6.45) is 2.94. The first-order chi connectivity index (χ1) is 7.82. The number of imidazole rings is 1. The summed E-state index contributed by atoms with van der Waals surface area (Å²) in [5.41, 5.74) is -0.864. The minimum absolute atomic E-state index is 0.323. The zero-order valence-electron chi connectivity index (χ0n) is 10.5. The molecule has 1 rings (SSSR count). The van der Waals surface area contributed by atoms with Gasteiger partial charge in [-0.15, -0.1) is 0 Å². The van der Waals surface area contributed by atoms with Crippen molar-refractivity contribution in [1.29, 1.82) is 0 Å². The summed E-state index contributed by atoms with van der Waals surface area (Å²) in [5.74, 6) is -1.37. The molecule has 0 saturated heterocycles. The van der Waals surface area contributed by atoms with Crippen LogP contribution in [0.15, 0.2) is 12.5 Å². The Labute approximate surface area is 99.9 Å². The molecule has 1 aromatic rings. The molecule has 94 valence electrons. The van der Waals surface area contributed by atoms with E-state index in [0.717, 1.165) is 0 Å². The molecule has 17 heavy (non-hydrogen) atoms. The number of hydrogen-bond donors (Lipinski definition) is 1. The maximum atomic E-state index is 12.2. The van der Waals surface area contributed by atoms with E-state index in [1.54, 1.807) is 18.5 Å². The summed E-state index contributed by atoms with van der Waals surface area (Å²) in [7, 11) is 1.70. The predicted octanol–water partition coefficient (Wildman–Crippen LogP) is 0.745. The van der Waals surface area contributed by atoms with Crippen LogP contribution in [-0.4, -0.2) is 43.5 Å². The van der Waals surface area contributed by atoms with Gasteiger partial charge in [-0.1, -0.05) is 0 Å². The van der Waals surface area contributed by atoms with Gasteiger partial charge in [0.05, 0.1) is 12.5 Å². The number of carboxylic acids is 1. The highest BCUT2D eigenvalue weighted by Gasteiger charge is 2.37.